The average Bonchev–Trinajstić information content (AvgIpc) is 2.92. The van der Waals surface area contributed by atoms with E-state index in [0.717, 1.165) is 26.6 Å². The van der Waals surface area contributed by atoms with Gasteiger partial charge in [0.05, 0.1) is 11.2 Å². The van der Waals surface area contributed by atoms with Gasteiger partial charge in [-0.15, -0.1) is 10.2 Å². The van der Waals surface area contributed by atoms with E-state index in [0.29, 0.717) is 17.3 Å². The van der Waals surface area contributed by atoms with Crippen molar-refractivity contribution in [3.8, 4) is 0 Å². The first-order valence-corrected chi connectivity index (χ1v) is 8.80. The Morgan fingerprint density at radius 2 is 2.17 bits per heavy atom. The molecule has 0 aliphatic carbocycles. The van der Waals surface area contributed by atoms with Crippen LogP contribution in [0.2, 0.25) is 0 Å². The van der Waals surface area contributed by atoms with E-state index >= 15 is 0 Å². The number of anilines is 2. The fraction of sp³-hybridized carbons (Fsp3) is 0.200. The molecule has 0 fully saturated rings. The minimum atomic E-state index is -0.0364. The minimum Gasteiger partial charge on any atom is -0.374 e. The van der Waals surface area contributed by atoms with Gasteiger partial charge in [0.2, 0.25) is 11.0 Å². The molecule has 0 aliphatic rings. The van der Waals surface area contributed by atoms with E-state index in [1.807, 2.05) is 37.3 Å². The van der Waals surface area contributed by atoms with Crippen LogP contribution < -0.4 is 11.1 Å². The molecule has 23 heavy (non-hydrogen) atoms. The summed E-state index contributed by atoms with van der Waals surface area (Å²) in [5.74, 6) is 0.591. The minimum absolute atomic E-state index is 0.0364. The fourth-order valence-electron chi connectivity index (χ4n) is 2.13. The molecule has 0 unspecified atom stereocenters. The summed E-state index contributed by atoms with van der Waals surface area (Å²) in [7, 11) is 0. The quantitative estimate of drug-likeness (QED) is 0.690. The van der Waals surface area contributed by atoms with Gasteiger partial charge in [-0.2, -0.15) is 0 Å². The molecule has 3 aromatic rings. The summed E-state index contributed by atoms with van der Waals surface area (Å²) < 4.78 is 0.778. The second-order valence-corrected chi connectivity index (χ2v) is 7.23. The molecule has 6 nitrogen and oxygen atoms in total. The Kier molecular flexibility index (Phi) is 4.73. The topological polar surface area (TPSA) is 93.8 Å². The molecular formula is C15H15N5OS2. The van der Waals surface area contributed by atoms with Gasteiger partial charge in [0.1, 0.15) is 0 Å². The Balaban J connectivity index is 1.63. The molecule has 0 saturated heterocycles. The molecule has 118 valence electrons. The van der Waals surface area contributed by atoms with E-state index in [1.165, 1.54) is 23.1 Å². The normalized spacial score (nSPS) is 10.8. The van der Waals surface area contributed by atoms with Crippen molar-refractivity contribution in [3.63, 3.8) is 0 Å². The lowest BCUT2D eigenvalue weighted by atomic mass is 10.1. The van der Waals surface area contributed by atoms with Gasteiger partial charge in [0.15, 0.2) is 4.34 Å². The molecule has 0 bridgehead atoms. The molecule has 0 saturated carbocycles. The maximum atomic E-state index is 12.2. The Labute approximate surface area is 141 Å². The number of nitrogens with zero attached hydrogens (tertiary/aromatic N) is 3. The lowest BCUT2D eigenvalue weighted by Crippen LogP contribution is -2.12. The van der Waals surface area contributed by atoms with Gasteiger partial charge in [-0.05, 0) is 19.1 Å². The van der Waals surface area contributed by atoms with Gasteiger partial charge in [-0.3, -0.25) is 9.78 Å². The zero-order chi connectivity index (χ0) is 16.2. The van der Waals surface area contributed by atoms with Crippen LogP contribution in [0.1, 0.15) is 12.1 Å². The van der Waals surface area contributed by atoms with Crippen LogP contribution in [0.25, 0.3) is 10.9 Å². The Hall–Kier alpha value is -2.19. The molecule has 1 aromatic carbocycles. The van der Waals surface area contributed by atoms with Crippen molar-refractivity contribution in [2.24, 2.45) is 0 Å². The van der Waals surface area contributed by atoms with Crippen LogP contribution in [-0.4, -0.2) is 26.8 Å². The monoisotopic (exact) mass is 345 g/mol. The number of thioether (sulfide) groups is 1. The van der Waals surface area contributed by atoms with Crippen LogP contribution in [-0.2, 0) is 4.79 Å². The van der Waals surface area contributed by atoms with Crippen molar-refractivity contribution < 1.29 is 4.79 Å². The van der Waals surface area contributed by atoms with Gasteiger partial charge in [0.25, 0.3) is 0 Å². The smallest absolute Gasteiger partial charge is 0.225 e. The Morgan fingerprint density at radius 1 is 1.35 bits per heavy atom. The highest BCUT2D eigenvalue weighted by molar-refractivity contribution is 8.01. The SMILES string of the molecule is Cc1cc(NC(=O)CCSc2nnc(N)s2)c2ccccc2n1. The summed E-state index contributed by atoms with van der Waals surface area (Å²) in [4.78, 5) is 16.6. The van der Waals surface area contributed by atoms with E-state index in [9.17, 15) is 4.79 Å². The summed E-state index contributed by atoms with van der Waals surface area (Å²) in [5, 5.41) is 12.0. The number of hydrogen-bond acceptors (Lipinski definition) is 7. The van der Waals surface area contributed by atoms with Crippen LogP contribution in [0.3, 0.4) is 0 Å². The highest BCUT2D eigenvalue weighted by Gasteiger charge is 2.09. The third-order valence-corrected chi connectivity index (χ3v) is 4.98. The third kappa shape index (κ3) is 3.96. The maximum Gasteiger partial charge on any atom is 0.225 e. The molecule has 3 N–H and O–H groups in total. The Morgan fingerprint density at radius 3 is 2.96 bits per heavy atom. The molecule has 2 aromatic heterocycles. The van der Waals surface area contributed by atoms with Crippen LogP contribution in [0.5, 0.6) is 0 Å². The molecular weight excluding hydrogens is 330 g/mol. The van der Waals surface area contributed by atoms with Crippen LogP contribution >= 0.6 is 23.1 Å². The highest BCUT2D eigenvalue weighted by Crippen LogP contribution is 2.25. The van der Waals surface area contributed by atoms with Crippen molar-refractivity contribution in [2.75, 3.05) is 16.8 Å². The second kappa shape index (κ2) is 6.93. The van der Waals surface area contributed by atoms with Crippen LogP contribution in [0.15, 0.2) is 34.7 Å². The zero-order valence-corrected chi connectivity index (χ0v) is 14.1. The third-order valence-electron chi connectivity index (χ3n) is 3.10. The number of benzene rings is 1. The van der Waals surface area contributed by atoms with Gasteiger partial charge in [0, 0.05) is 23.3 Å². The highest BCUT2D eigenvalue weighted by atomic mass is 32.2. The number of para-hydroxylation sites is 1. The lowest BCUT2D eigenvalue weighted by molar-refractivity contribution is -0.115. The molecule has 2 heterocycles. The van der Waals surface area contributed by atoms with Crippen LogP contribution in [0.4, 0.5) is 10.8 Å². The number of rotatable bonds is 5. The first-order valence-electron chi connectivity index (χ1n) is 7.00. The predicted molar refractivity (Wildman–Crippen MR) is 94.8 cm³/mol. The van der Waals surface area contributed by atoms with E-state index in [2.05, 4.69) is 20.5 Å². The molecule has 0 spiro atoms. The van der Waals surface area contributed by atoms with Crippen molar-refractivity contribution in [2.45, 2.75) is 17.7 Å². The second-order valence-electron chi connectivity index (χ2n) is 4.88. The summed E-state index contributed by atoms with van der Waals surface area (Å²) in [6, 6.07) is 9.65. The molecule has 8 heteroatoms. The van der Waals surface area contributed by atoms with Crippen molar-refractivity contribution >= 4 is 50.7 Å². The van der Waals surface area contributed by atoms with E-state index in [-0.39, 0.29) is 5.91 Å². The number of carbonyl (C=O) groups is 1. The fourth-order valence-corrected chi connectivity index (χ4v) is 3.78. The van der Waals surface area contributed by atoms with Gasteiger partial charge in [-0.25, -0.2) is 0 Å². The number of aryl methyl sites for hydroxylation is 1. The van der Waals surface area contributed by atoms with Crippen molar-refractivity contribution in [1.82, 2.24) is 15.2 Å². The molecule has 3 rings (SSSR count). The number of hydrogen-bond donors (Lipinski definition) is 2. The zero-order valence-electron chi connectivity index (χ0n) is 12.4. The van der Waals surface area contributed by atoms with Gasteiger partial charge < -0.3 is 11.1 Å². The van der Waals surface area contributed by atoms with Crippen LogP contribution in [0, 0.1) is 6.92 Å². The molecule has 0 atom stereocenters. The molecule has 0 radical (unpaired) electrons. The number of aromatic nitrogens is 3. The standard InChI is InChI=1S/C15H15N5OS2/c1-9-8-12(10-4-2-3-5-11(10)17-9)18-13(21)6-7-22-15-20-19-14(16)23-15/h2-5,8H,6-7H2,1H3,(H2,16,19)(H,17,18,21). The van der Waals surface area contributed by atoms with Gasteiger partial charge >= 0.3 is 0 Å². The number of nitrogens with one attached hydrogen (secondary N) is 1. The summed E-state index contributed by atoms with van der Waals surface area (Å²) in [5.41, 5.74) is 8.07. The molecule has 1 amide bonds. The molecule has 0 aliphatic heterocycles. The number of pyridine rings is 1. The van der Waals surface area contributed by atoms with Gasteiger partial charge in [-0.1, -0.05) is 41.3 Å². The number of nitrogens with two attached hydrogens (primary N) is 1. The number of fused-ring (bicyclic) bond motifs is 1. The summed E-state index contributed by atoms with van der Waals surface area (Å²) >= 11 is 2.80. The van der Waals surface area contributed by atoms with Crippen molar-refractivity contribution in [1.29, 1.82) is 0 Å². The maximum absolute atomic E-state index is 12.2. The van der Waals surface area contributed by atoms with E-state index in [4.69, 9.17) is 5.73 Å². The van der Waals surface area contributed by atoms with E-state index < -0.39 is 0 Å². The number of nitrogen functional groups attached to an aromatic ring is 1. The van der Waals surface area contributed by atoms with Crippen molar-refractivity contribution in [3.05, 3.63) is 36.0 Å². The first-order chi connectivity index (χ1) is 11.1. The average molecular weight is 345 g/mol. The first kappa shape index (κ1) is 15.7. The summed E-state index contributed by atoms with van der Waals surface area (Å²) in [6.07, 6.45) is 0.389. The van der Waals surface area contributed by atoms with E-state index in [1.54, 1.807) is 0 Å². The lowest BCUT2D eigenvalue weighted by Gasteiger charge is -2.09. The largest absolute Gasteiger partial charge is 0.374 e. The Bertz CT molecular complexity index is 849. The predicted octanol–water partition coefficient (Wildman–Crippen LogP) is 3.10. The summed E-state index contributed by atoms with van der Waals surface area (Å²) in [6.45, 7) is 1.91. The number of amides is 1. The number of carbonyl (C=O) groups excluding carboxylic acids is 1.